The number of aryl methyl sites for hydroxylation is 1. The molecule has 2 heterocycles. The van der Waals surface area contributed by atoms with Gasteiger partial charge in [0.25, 0.3) is 5.92 Å². The minimum Gasteiger partial charge on any atom is -0.385 e. The molecular formula is C22H20F4N4O. The van der Waals surface area contributed by atoms with Crippen molar-refractivity contribution in [3.63, 3.8) is 0 Å². The Morgan fingerprint density at radius 2 is 1.94 bits per heavy atom. The second-order valence-electron chi connectivity index (χ2n) is 8.06. The lowest BCUT2D eigenvalue weighted by atomic mass is 9.77. The minimum absolute atomic E-state index is 0.120. The molecule has 9 heteroatoms. The van der Waals surface area contributed by atoms with Crippen LogP contribution in [0.3, 0.4) is 0 Å². The predicted molar refractivity (Wildman–Crippen MR) is 106 cm³/mol. The number of halogens is 4. The number of nitrogens with zero attached hydrogens (tertiary/aromatic N) is 3. The molecule has 3 rings (SSSR count). The Morgan fingerprint density at radius 1 is 1.26 bits per heavy atom. The van der Waals surface area contributed by atoms with Crippen LogP contribution >= 0.6 is 0 Å². The van der Waals surface area contributed by atoms with Crippen molar-refractivity contribution < 1.29 is 22.4 Å². The number of Topliss-reactive ketones (excluding diaryl/α,β-unsaturated/α-hetero) is 1. The highest BCUT2D eigenvalue weighted by Gasteiger charge is 2.60. The normalized spacial score (nSPS) is 24.9. The van der Waals surface area contributed by atoms with Gasteiger partial charge in [-0.1, -0.05) is 6.07 Å². The molecule has 0 fully saturated rings. The van der Waals surface area contributed by atoms with Crippen LogP contribution in [0.15, 0.2) is 35.5 Å². The molecular weight excluding hydrogens is 412 g/mol. The van der Waals surface area contributed by atoms with Gasteiger partial charge in [0.2, 0.25) is 0 Å². The molecule has 1 aliphatic heterocycles. The van der Waals surface area contributed by atoms with Crippen molar-refractivity contribution in [2.75, 3.05) is 0 Å². The van der Waals surface area contributed by atoms with Gasteiger partial charge in [0.1, 0.15) is 23.4 Å². The van der Waals surface area contributed by atoms with Crippen molar-refractivity contribution in [1.29, 1.82) is 5.26 Å². The van der Waals surface area contributed by atoms with Gasteiger partial charge in [-0.25, -0.2) is 17.6 Å². The summed E-state index contributed by atoms with van der Waals surface area (Å²) in [6, 6.07) is 6.81. The van der Waals surface area contributed by atoms with Crippen LogP contribution in [-0.4, -0.2) is 28.2 Å². The van der Waals surface area contributed by atoms with Gasteiger partial charge in [0.15, 0.2) is 17.0 Å². The Hall–Kier alpha value is -3.28. The van der Waals surface area contributed by atoms with Crippen molar-refractivity contribution in [1.82, 2.24) is 4.98 Å². The van der Waals surface area contributed by atoms with Gasteiger partial charge in [-0.3, -0.25) is 14.8 Å². The molecule has 1 aromatic carbocycles. The lowest BCUT2D eigenvalue weighted by Crippen LogP contribution is -2.56. The van der Waals surface area contributed by atoms with Gasteiger partial charge in [-0.2, -0.15) is 5.26 Å². The zero-order valence-electron chi connectivity index (χ0n) is 17.1. The number of aliphatic imine (C=N–C) groups is 1. The fourth-order valence-corrected chi connectivity index (χ4v) is 3.63. The highest BCUT2D eigenvalue weighted by Crippen LogP contribution is 2.50. The lowest BCUT2D eigenvalue weighted by molar-refractivity contribution is -0.106. The number of hydrogen-bond acceptors (Lipinski definition) is 5. The van der Waals surface area contributed by atoms with E-state index < -0.39 is 46.6 Å². The Morgan fingerprint density at radius 3 is 2.55 bits per heavy atom. The second-order valence-corrected chi connectivity index (χ2v) is 8.06. The highest BCUT2D eigenvalue weighted by atomic mass is 19.3. The summed E-state index contributed by atoms with van der Waals surface area (Å²) < 4.78 is 58.8. The Balaban J connectivity index is 2.00. The molecule has 2 aromatic rings. The van der Waals surface area contributed by atoms with Crippen molar-refractivity contribution in [2.24, 2.45) is 10.7 Å². The largest absolute Gasteiger partial charge is 0.385 e. The van der Waals surface area contributed by atoms with Crippen LogP contribution in [0, 0.1) is 24.1 Å². The number of alkyl halides is 3. The summed E-state index contributed by atoms with van der Waals surface area (Å²) in [6.45, 7) is 3.51. The van der Waals surface area contributed by atoms with Crippen molar-refractivity contribution in [2.45, 2.75) is 50.7 Å². The summed E-state index contributed by atoms with van der Waals surface area (Å²) in [5.41, 5.74) is 1.28. The minimum atomic E-state index is -3.73. The van der Waals surface area contributed by atoms with E-state index in [0.717, 1.165) is 26.0 Å². The topological polar surface area (TPSA) is 92.1 Å². The molecule has 0 saturated heterocycles. The summed E-state index contributed by atoms with van der Waals surface area (Å²) in [5.74, 6) is -5.77. The first-order valence-corrected chi connectivity index (χ1v) is 9.42. The third-order valence-electron chi connectivity index (χ3n) is 5.54. The maximum Gasteiger partial charge on any atom is 0.280 e. The van der Waals surface area contributed by atoms with Gasteiger partial charge in [0, 0.05) is 18.2 Å². The van der Waals surface area contributed by atoms with Crippen LogP contribution in [0.1, 0.15) is 53.0 Å². The first-order valence-electron chi connectivity index (χ1n) is 9.42. The number of amidine groups is 1. The van der Waals surface area contributed by atoms with E-state index in [9.17, 15) is 22.4 Å². The maximum absolute atomic E-state index is 14.9. The Bertz CT molecular complexity index is 1140. The first-order chi connectivity index (χ1) is 14.3. The number of carbonyl (C=O) groups excluding carboxylic acids is 1. The van der Waals surface area contributed by atoms with Gasteiger partial charge >= 0.3 is 0 Å². The van der Waals surface area contributed by atoms with Gasteiger partial charge < -0.3 is 5.73 Å². The number of hydrogen-bond donors (Lipinski definition) is 1. The molecule has 5 nitrogen and oxygen atoms in total. The molecule has 0 unspecified atom stereocenters. The van der Waals surface area contributed by atoms with E-state index >= 15 is 0 Å². The van der Waals surface area contributed by atoms with E-state index in [0.29, 0.717) is 11.1 Å². The average molecular weight is 432 g/mol. The lowest BCUT2D eigenvalue weighted by Gasteiger charge is -2.42. The molecule has 0 saturated carbocycles. The molecule has 0 amide bonds. The van der Waals surface area contributed by atoms with Crippen LogP contribution in [-0.2, 0) is 12.0 Å². The SMILES string of the molecule is Cc1cc(C#N)cnc1C(=O)Cc1ccc(F)c([C@@]2(C)N=C(N)[C@@](C)(F)CC2(F)F)c1. The third kappa shape index (κ3) is 3.90. The van der Waals surface area contributed by atoms with Gasteiger partial charge in [-0.05, 0) is 50.1 Å². The van der Waals surface area contributed by atoms with Crippen molar-refractivity contribution in [3.05, 3.63) is 64.2 Å². The number of nitrogens with two attached hydrogens (primary N) is 1. The molecule has 0 aliphatic carbocycles. The Kier molecular flexibility index (Phi) is 5.38. The van der Waals surface area contributed by atoms with E-state index in [4.69, 9.17) is 11.0 Å². The van der Waals surface area contributed by atoms with Crippen LogP contribution in [0.5, 0.6) is 0 Å². The van der Waals surface area contributed by atoms with E-state index in [1.54, 1.807) is 6.92 Å². The summed E-state index contributed by atoms with van der Waals surface area (Å²) in [4.78, 5) is 20.3. The molecule has 162 valence electrons. The zero-order chi connectivity index (χ0) is 23.2. The Labute approximate surface area is 176 Å². The zero-order valence-corrected chi connectivity index (χ0v) is 17.1. The molecule has 2 N–H and O–H groups in total. The fraction of sp³-hybridized carbons (Fsp3) is 0.364. The van der Waals surface area contributed by atoms with Crippen molar-refractivity contribution >= 4 is 11.6 Å². The standard InChI is InChI=1S/C22H20F4N4O/c1-12-6-14(9-27)10-29-18(12)17(31)8-13-4-5-16(23)15(7-13)21(3)22(25,26)11-20(2,24)19(28)30-21/h4-7,10H,8,11H2,1-3H3,(H2,28,30)/t20-,21+/m0/s1. The van der Waals surface area contributed by atoms with E-state index in [-0.39, 0.29) is 17.7 Å². The highest BCUT2D eigenvalue weighted by molar-refractivity contribution is 5.97. The first kappa shape index (κ1) is 22.4. The smallest absolute Gasteiger partial charge is 0.280 e. The quantitative estimate of drug-likeness (QED) is 0.580. The fourth-order valence-electron chi connectivity index (χ4n) is 3.63. The number of carbonyl (C=O) groups is 1. The van der Waals surface area contributed by atoms with Crippen LogP contribution in [0.4, 0.5) is 17.6 Å². The number of nitriles is 1. The summed E-state index contributed by atoms with van der Waals surface area (Å²) in [6.07, 6.45) is -0.233. The number of rotatable bonds is 4. The van der Waals surface area contributed by atoms with Crippen LogP contribution < -0.4 is 5.73 Å². The molecule has 0 radical (unpaired) electrons. The van der Waals surface area contributed by atoms with Crippen molar-refractivity contribution in [3.8, 4) is 6.07 Å². The molecule has 31 heavy (non-hydrogen) atoms. The van der Waals surface area contributed by atoms with Crippen LogP contribution in [0.2, 0.25) is 0 Å². The van der Waals surface area contributed by atoms with Gasteiger partial charge in [0.05, 0.1) is 12.0 Å². The monoisotopic (exact) mass is 432 g/mol. The number of aromatic nitrogens is 1. The average Bonchev–Trinajstić information content (AvgIpc) is 2.67. The number of benzene rings is 1. The molecule has 0 bridgehead atoms. The van der Waals surface area contributed by atoms with Gasteiger partial charge in [-0.15, -0.1) is 0 Å². The van der Waals surface area contributed by atoms with E-state index in [1.165, 1.54) is 18.3 Å². The summed E-state index contributed by atoms with van der Waals surface area (Å²) in [5, 5.41) is 8.91. The predicted octanol–water partition coefficient (Wildman–Crippen LogP) is 4.17. The number of ketones is 1. The molecule has 0 spiro atoms. The summed E-state index contributed by atoms with van der Waals surface area (Å²) in [7, 11) is 0. The molecule has 1 aliphatic rings. The molecule has 1 aromatic heterocycles. The third-order valence-corrected chi connectivity index (χ3v) is 5.54. The second kappa shape index (κ2) is 7.45. The van der Waals surface area contributed by atoms with Crippen LogP contribution in [0.25, 0.3) is 0 Å². The number of pyridine rings is 1. The molecule has 2 atom stereocenters. The maximum atomic E-state index is 14.9. The summed E-state index contributed by atoms with van der Waals surface area (Å²) >= 11 is 0. The van der Waals surface area contributed by atoms with E-state index in [2.05, 4.69) is 9.98 Å². The van der Waals surface area contributed by atoms with E-state index in [1.807, 2.05) is 6.07 Å².